The molecule has 8 nitrogen and oxygen atoms in total. The van der Waals surface area contributed by atoms with E-state index in [1.165, 1.54) is 10.9 Å². The topological polar surface area (TPSA) is 113 Å². The first-order valence-electron chi connectivity index (χ1n) is 10.3. The molecule has 1 aliphatic rings. The van der Waals surface area contributed by atoms with Crippen LogP contribution in [0.4, 0.5) is 0 Å². The lowest BCUT2D eigenvalue weighted by Gasteiger charge is -2.10. The number of carbonyl (C=O) groups excluding carboxylic acids is 1. The van der Waals surface area contributed by atoms with E-state index < -0.39 is 0 Å². The fraction of sp³-hybridized carbons (Fsp3) is 0.304. The Morgan fingerprint density at radius 2 is 2.13 bits per heavy atom. The van der Waals surface area contributed by atoms with Gasteiger partial charge in [0.15, 0.2) is 5.82 Å². The minimum Gasteiger partial charge on any atom is -0.378 e. The molecule has 31 heavy (non-hydrogen) atoms. The second-order valence-electron chi connectivity index (χ2n) is 7.44. The van der Waals surface area contributed by atoms with Gasteiger partial charge in [-0.3, -0.25) is 14.7 Å². The number of nitrogens with one attached hydrogen (secondary N) is 2. The molecular weight excluding hydrogens is 394 g/mol. The Kier molecular flexibility index (Phi) is 6.24. The second kappa shape index (κ2) is 9.41. The summed E-state index contributed by atoms with van der Waals surface area (Å²) in [5.41, 5.74) is 2.34. The molecule has 0 saturated carbocycles. The van der Waals surface area contributed by atoms with Gasteiger partial charge < -0.3 is 10.1 Å². The summed E-state index contributed by atoms with van der Waals surface area (Å²) in [6, 6.07) is 12.7. The molecule has 158 valence electrons. The molecule has 0 bridgehead atoms. The first-order valence-corrected chi connectivity index (χ1v) is 10.3. The van der Waals surface area contributed by atoms with Gasteiger partial charge in [0.1, 0.15) is 0 Å². The van der Waals surface area contributed by atoms with Crippen molar-refractivity contribution in [2.45, 2.75) is 31.8 Å². The van der Waals surface area contributed by atoms with Crippen LogP contribution in [0, 0.1) is 11.3 Å². The van der Waals surface area contributed by atoms with Gasteiger partial charge in [0.2, 0.25) is 0 Å². The molecule has 3 heterocycles. The number of aromatic nitrogens is 3. The Bertz CT molecular complexity index is 1130. The van der Waals surface area contributed by atoms with Crippen LogP contribution in [-0.2, 0) is 11.2 Å². The van der Waals surface area contributed by atoms with Crippen LogP contribution in [0.25, 0.3) is 16.9 Å². The molecule has 1 atom stereocenters. The van der Waals surface area contributed by atoms with Crippen molar-refractivity contribution >= 4 is 5.91 Å². The van der Waals surface area contributed by atoms with E-state index >= 15 is 0 Å². The predicted molar refractivity (Wildman–Crippen MR) is 115 cm³/mol. The highest BCUT2D eigenvalue weighted by atomic mass is 16.5. The van der Waals surface area contributed by atoms with E-state index in [1.807, 2.05) is 24.3 Å². The van der Waals surface area contributed by atoms with Crippen molar-refractivity contribution in [3.63, 3.8) is 0 Å². The molecule has 1 aromatic carbocycles. The highest BCUT2D eigenvalue weighted by Gasteiger charge is 2.16. The molecule has 2 N–H and O–H groups in total. The van der Waals surface area contributed by atoms with Gasteiger partial charge in [0.25, 0.3) is 11.5 Å². The zero-order valence-electron chi connectivity index (χ0n) is 17.0. The van der Waals surface area contributed by atoms with Crippen molar-refractivity contribution < 1.29 is 9.53 Å². The van der Waals surface area contributed by atoms with Crippen LogP contribution in [0.3, 0.4) is 0 Å². The van der Waals surface area contributed by atoms with Gasteiger partial charge in [-0.05, 0) is 42.5 Å². The van der Waals surface area contributed by atoms with E-state index in [1.54, 1.807) is 18.3 Å². The van der Waals surface area contributed by atoms with E-state index in [-0.39, 0.29) is 17.6 Å². The third-order valence-corrected chi connectivity index (χ3v) is 5.33. The van der Waals surface area contributed by atoms with Crippen LogP contribution in [0.15, 0.2) is 53.6 Å². The van der Waals surface area contributed by atoms with Gasteiger partial charge in [-0.2, -0.15) is 5.26 Å². The Morgan fingerprint density at radius 3 is 2.81 bits per heavy atom. The minimum absolute atomic E-state index is 0.200. The minimum atomic E-state index is -0.241. The lowest BCUT2D eigenvalue weighted by molar-refractivity contribution is 0.0907. The summed E-state index contributed by atoms with van der Waals surface area (Å²) in [5.74, 6) is 0.197. The number of benzene rings is 1. The number of hydrogen-bond donors (Lipinski definition) is 2. The molecule has 0 radical (unpaired) electrons. The SMILES string of the molecule is N#CCc1ccc(-c2c[nH]n(-c3ccc(C(=O)NCCC4CCCO4)cn3)c2=O)cc1. The van der Waals surface area contributed by atoms with Crippen LogP contribution in [-0.4, -0.2) is 39.9 Å². The molecule has 1 saturated heterocycles. The summed E-state index contributed by atoms with van der Waals surface area (Å²) in [7, 11) is 0. The lowest BCUT2D eigenvalue weighted by atomic mass is 10.1. The van der Waals surface area contributed by atoms with Crippen LogP contribution < -0.4 is 10.9 Å². The third-order valence-electron chi connectivity index (χ3n) is 5.33. The summed E-state index contributed by atoms with van der Waals surface area (Å²) in [6.45, 7) is 1.36. The van der Waals surface area contributed by atoms with Crippen LogP contribution >= 0.6 is 0 Å². The van der Waals surface area contributed by atoms with Gasteiger partial charge in [0, 0.05) is 25.5 Å². The zero-order chi connectivity index (χ0) is 21.6. The number of hydrogen-bond acceptors (Lipinski definition) is 5. The molecule has 3 aromatic rings. The van der Waals surface area contributed by atoms with Crippen molar-refractivity contribution in [1.29, 1.82) is 5.26 Å². The fourth-order valence-corrected chi connectivity index (χ4v) is 3.61. The first kappa shape index (κ1) is 20.6. The monoisotopic (exact) mass is 417 g/mol. The molecule has 0 aliphatic carbocycles. The van der Waals surface area contributed by atoms with Crippen LogP contribution in [0.2, 0.25) is 0 Å². The standard InChI is InChI=1S/C23H23N5O3/c24-11-9-16-3-5-17(6-4-16)20-15-27-28(23(20)30)21-8-7-18(14-26-21)22(29)25-12-10-19-2-1-13-31-19/h3-8,14-15,19,27H,1-2,9-10,12-13H2,(H,25,29). The highest BCUT2D eigenvalue weighted by Crippen LogP contribution is 2.17. The van der Waals surface area contributed by atoms with Crippen molar-refractivity contribution in [1.82, 2.24) is 20.1 Å². The maximum absolute atomic E-state index is 12.8. The fourth-order valence-electron chi connectivity index (χ4n) is 3.61. The predicted octanol–water partition coefficient (Wildman–Crippen LogP) is 2.59. The van der Waals surface area contributed by atoms with Gasteiger partial charge in [-0.1, -0.05) is 24.3 Å². The van der Waals surface area contributed by atoms with Gasteiger partial charge in [-0.25, -0.2) is 9.67 Å². The number of ether oxygens (including phenoxy) is 1. The Hall–Kier alpha value is -3.70. The number of pyridine rings is 1. The summed E-state index contributed by atoms with van der Waals surface area (Å²) in [6.07, 6.45) is 6.57. The molecule has 8 heteroatoms. The Labute approximate surface area is 179 Å². The average molecular weight is 417 g/mol. The summed E-state index contributed by atoms with van der Waals surface area (Å²) in [5, 5.41) is 14.6. The third kappa shape index (κ3) is 4.73. The molecule has 1 amide bonds. The van der Waals surface area contributed by atoms with E-state index in [0.29, 0.717) is 29.9 Å². The van der Waals surface area contributed by atoms with Crippen molar-refractivity contribution in [2.24, 2.45) is 0 Å². The van der Waals surface area contributed by atoms with Crippen molar-refractivity contribution in [2.75, 3.05) is 13.2 Å². The molecule has 1 fully saturated rings. The van der Waals surface area contributed by atoms with E-state index in [9.17, 15) is 9.59 Å². The molecule has 4 rings (SSSR count). The van der Waals surface area contributed by atoms with Gasteiger partial charge in [0.05, 0.1) is 29.7 Å². The largest absolute Gasteiger partial charge is 0.378 e. The smallest absolute Gasteiger partial charge is 0.280 e. The second-order valence-corrected chi connectivity index (χ2v) is 7.44. The quantitative estimate of drug-likeness (QED) is 0.614. The maximum atomic E-state index is 12.8. The first-order chi connectivity index (χ1) is 15.2. The molecule has 1 unspecified atom stereocenters. The number of nitrogens with zero attached hydrogens (tertiary/aromatic N) is 3. The molecule has 2 aromatic heterocycles. The number of H-pyrrole nitrogens is 1. The average Bonchev–Trinajstić information content (AvgIpc) is 3.44. The van der Waals surface area contributed by atoms with E-state index in [2.05, 4.69) is 21.5 Å². The van der Waals surface area contributed by atoms with Crippen LogP contribution in [0.5, 0.6) is 0 Å². The number of amides is 1. The normalized spacial score (nSPS) is 15.5. The Balaban J connectivity index is 1.42. The number of rotatable bonds is 7. The summed E-state index contributed by atoms with van der Waals surface area (Å²) < 4.78 is 6.89. The lowest BCUT2D eigenvalue weighted by Crippen LogP contribution is -2.27. The number of nitriles is 1. The van der Waals surface area contributed by atoms with Gasteiger partial charge in [-0.15, -0.1) is 0 Å². The van der Waals surface area contributed by atoms with E-state index in [0.717, 1.165) is 37.0 Å². The number of aromatic amines is 1. The van der Waals surface area contributed by atoms with E-state index in [4.69, 9.17) is 10.00 Å². The summed E-state index contributed by atoms with van der Waals surface area (Å²) in [4.78, 5) is 29.4. The van der Waals surface area contributed by atoms with Crippen LogP contribution in [0.1, 0.15) is 35.2 Å². The number of carbonyl (C=O) groups is 1. The van der Waals surface area contributed by atoms with Crippen molar-refractivity contribution in [3.8, 4) is 23.0 Å². The molecule has 1 aliphatic heterocycles. The van der Waals surface area contributed by atoms with Crippen molar-refractivity contribution in [3.05, 3.63) is 70.3 Å². The van der Waals surface area contributed by atoms with Gasteiger partial charge >= 0.3 is 0 Å². The Morgan fingerprint density at radius 1 is 1.29 bits per heavy atom. The maximum Gasteiger partial charge on any atom is 0.280 e. The summed E-state index contributed by atoms with van der Waals surface area (Å²) >= 11 is 0. The highest BCUT2D eigenvalue weighted by molar-refractivity contribution is 5.93. The zero-order valence-corrected chi connectivity index (χ0v) is 17.0. The molecular formula is C23H23N5O3. The molecule has 0 spiro atoms.